The highest BCUT2D eigenvalue weighted by Crippen LogP contribution is 2.02. The van der Waals surface area contributed by atoms with Crippen molar-refractivity contribution in [2.45, 2.75) is 5.75 Å². The first-order valence-electron chi connectivity index (χ1n) is 3.98. The molecule has 0 unspecified atom stereocenters. The molecule has 5 nitrogen and oxygen atoms in total. The van der Waals surface area contributed by atoms with Gasteiger partial charge in [0.15, 0.2) is 0 Å². The summed E-state index contributed by atoms with van der Waals surface area (Å²) in [5, 5.41) is 2.42. The topological polar surface area (TPSA) is 74.8 Å². The first kappa shape index (κ1) is 10.8. The third kappa shape index (κ3) is 2.59. The monoisotopic (exact) mass is 213 g/mol. The standard InChI is InChI=1S/C8H11N3O2S/c1-9-8(13)5-3-7(12)11-6(10-5)4-14-2/h3H,4H2,1-2H3,(H,9,13)(H,10,11,12). The van der Waals surface area contributed by atoms with E-state index < -0.39 is 0 Å². The molecular weight excluding hydrogens is 202 g/mol. The number of H-pyrrole nitrogens is 1. The number of aromatic amines is 1. The molecule has 1 aromatic rings. The van der Waals surface area contributed by atoms with Crippen LogP contribution in [0.1, 0.15) is 16.3 Å². The van der Waals surface area contributed by atoms with Crippen molar-refractivity contribution >= 4 is 17.7 Å². The van der Waals surface area contributed by atoms with Crippen LogP contribution in [0.2, 0.25) is 0 Å². The van der Waals surface area contributed by atoms with Gasteiger partial charge in [0.25, 0.3) is 11.5 Å². The average Bonchev–Trinajstić information content (AvgIpc) is 2.16. The van der Waals surface area contributed by atoms with Crippen molar-refractivity contribution in [2.75, 3.05) is 13.3 Å². The molecule has 6 heteroatoms. The summed E-state index contributed by atoms with van der Waals surface area (Å²) in [6.07, 6.45) is 1.90. The van der Waals surface area contributed by atoms with Crippen molar-refractivity contribution in [3.8, 4) is 0 Å². The molecule has 0 aliphatic heterocycles. The Labute approximate surface area is 85.3 Å². The van der Waals surface area contributed by atoms with Gasteiger partial charge in [0, 0.05) is 13.1 Å². The van der Waals surface area contributed by atoms with Crippen molar-refractivity contribution in [3.63, 3.8) is 0 Å². The molecule has 1 rings (SSSR count). The summed E-state index contributed by atoms with van der Waals surface area (Å²) in [6, 6.07) is 1.18. The van der Waals surface area contributed by atoms with E-state index in [9.17, 15) is 9.59 Å². The lowest BCUT2D eigenvalue weighted by molar-refractivity contribution is 0.0957. The Hall–Kier alpha value is -1.30. The quantitative estimate of drug-likeness (QED) is 0.740. The van der Waals surface area contributed by atoms with Crippen LogP contribution in [-0.2, 0) is 5.75 Å². The van der Waals surface area contributed by atoms with Gasteiger partial charge in [0.2, 0.25) is 0 Å². The number of thioether (sulfide) groups is 1. The summed E-state index contributed by atoms with van der Waals surface area (Å²) in [7, 11) is 1.50. The highest BCUT2D eigenvalue weighted by atomic mass is 32.2. The zero-order valence-corrected chi connectivity index (χ0v) is 8.77. The predicted molar refractivity (Wildman–Crippen MR) is 55.5 cm³/mol. The van der Waals surface area contributed by atoms with E-state index in [1.54, 1.807) is 0 Å². The van der Waals surface area contributed by atoms with E-state index in [1.165, 1.54) is 24.9 Å². The Morgan fingerprint density at radius 1 is 1.71 bits per heavy atom. The van der Waals surface area contributed by atoms with E-state index in [1.807, 2.05) is 6.26 Å². The number of rotatable bonds is 3. The summed E-state index contributed by atoms with van der Waals surface area (Å²) >= 11 is 1.53. The van der Waals surface area contributed by atoms with Crippen LogP contribution in [0.5, 0.6) is 0 Å². The van der Waals surface area contributed by atoms with Crippen LogP contribution in [0.4, 0.5) is 0 Å². The zero-order valence-electron chi connectivity index (χ0n) is 7.96. The number of carbonyl (C=O) groups is 1. The van der Waals surface area contributed by atoms with E-state index in [-0.39, 0.29) is 17.2 Å². The maximum atomic E-state index is 11.2. The Balaban J connectivity index is 3.07. The first-order valence-corrected chi connectivity index (χ1v) is 5.38. The van der Waals surface area contributed by atoms with E-state index in [2.05, 4.69) is 15.3 Å². The number of carbonyl (C=O) groups excluding carboxylic acids is 1. The molecule has 0 atom stereocenters. The molecule has 0 saturated heterocycles. The Morgan fingerprint density at radius 3 is 3.00 bits per heavy atom. The summed E-state index contributed by atoms with van der Waals surface area (Å²) in [5.41, 5.74) is -0.150. The highest BCUT2D eigenvalue weighted by molar-refractivity contribution is 7.97. The minimum absolute atomic E-state index is 0.153. The third-order valence-corrected chi connectivity index (χ3v) is 2.09. The maximum absolute atomic E-state index is 11.2. The smallest absolute Gasteiger partial charge is 0.269 e. The van der Waals surface area contributed by atoms with Crippen LogP contribution < -0.4 is 10.9 Å². The van der Waals surface area contributed by atoms with Crippen LogP contribution in [-0.4, -0.2) is 29.2 Å². The molecule has 0 aromatic carbocycles. The van der Waals surface area contributed by atoms with Gasteiger partial charge in [-0.3, -0.25) is 9.59 Å². The largest absolute Gasteiger partial charge is 0.354 e. The Morgan fingerprint density at radius 2 is 2.43 bits per heavy atom. The number of hydrogen-bond donors (Lipinski definition) is 2. The van der Waals surface area contributed by atoms with E-state index >= 15 is 0 Å². The molecular formula is C8H11N3O2S. The summed E-state index contributed by atoms with van der Waals surface area (Å²) < 4.78 is 0. The van der Waals surface area contributed by atoms with Gasteiger partial charge in [-0.15, -0.1) is 0 Å². The van der Waals surface area contributed by atoms with Crippen molar-refractivity contribution in [2.24, 2.45) is 0 Å². The average molecular weight is 213 g/mol. The molecule has 0 saturated carbocycles. The van der Waals surface area contributed by atoms with Gasteiger partial charge >= 0.3 is 0 Å². The minimum Gasteiger partial charge on any atom is -0.354 e. The number of aromatic nitrogens is 2. The molecule has 0 spiro atoms. The van der Waals surface area contributed by atoms with Crippen molar-refractivity contribution in [1.29, 1.82) is 0 Å². The summed E-state index contributed by atoms with van der Waals surface area (Å²) in [6.45, 7) is 0. The second kappa shape index (κ2) is 4.80. The normalized spacial score (nSPS) is 9.86. The molecule has 1 heterocycles. The van der Waals surface area contributed by atoms with Crippen LogP contribution in [0.15, 0.2) is 10.9 Å². The second-order valence-electron chi connectivity index (χ2n) is 2.59. The number of nitrogens with one attached hydrogen (secondary N) is 2. The second-order valence-corrected chi connectivity index (χ2v) is 3.46. The highest BCUT2D eigenvalue weighted by Gasteiger charge is 2.07. The molecule has 0 aliphatic carbocycles. The molecule has 76 valence electrons. The molecule has 0 fully saturated rings. The fourth-order valence-corrected chi connectivity index (χ4v) is 1.37. The molecule has 0 bridgehead atoms. The maximum Gasteiger partial charge on any atom is 0.269 e. The first-order chi connectivity index (χ1) is 6.67. The number of hydrogen-bond acceptors (Lipinski definition) is 4. The van der Waals surface area contributed by atoms with Gasteiger partial charge in [-0.05, 0) is 6.26 Å². The fraction of sp³-hybridized carbons (Fsp3) is 0.375. The number of nitrogens with zero attached hydrogens (tertiary/aromatic N) is 1. The molecule has 0 radical (unpaired) electrons. The van der Waals surface area contributed by atoms with Gasteiger partial charge in [-0.25, -0.2) is 4.98 Å². The summed E-state index contributed by atoms with van der Waals surface area (Å²) in [5.74, 6) is 0.752. The lowest BCUT2D eigenvalue weighted by atomic mass is 10.4. The summed E-state index contributed by atoms with van der Waals surface area (Å²) in [4.78, 5) is 28.9. The van der Waals surface area contributed by atoms with Crippen molar-refractivity contribution < 1.29 is 4.79 Å². The van der Waals surface area contributed by atoms with Gasteiger partial charge < -0.3 is 10.3 Å². The lowest BCUT2D eigenvalue weighted by Gasteiger charge is -2.01. The molecule has 1 aromatic heterocycles. The minimum atomic E-state index is -0.349. The SMILES string of the molecule is CNC(=O)c1cc(=O)[nH]c(CSC)n1. The molecule has 0 aliphatic rings. The third-order valence-electron chi connectivity index (χ3n) is 1.53. The Kier molecular flexibility index (Phi) is 3.70. The van der Waals surface area contributed by atoms with Crippen LogP contribution in [0.25, 0.3) is 0 Å². The van der Waals surface area contributed by atoms with Crippen LogP contribution in [0, 0.1) is 0 Å². The van der Waals surface area contributed by atoms with Gasteiger partial charge in [0.05, 0.1) is 5.75 Å². The fourth-order valence-electron chi connectivity index (χ4n) is 0.958. The van der Waals surface area contributed by atoms with E-state index in [4.69, 9.17) is 0 Å². The molecule has 14 heavy (non-hydrogen) atoms. The Bertz CT molecular complexity index is 388. The van der Waals surface area contributed by atoms with Crippen LogP contribution >= 0.6 is 11.8 Å². The molecule has 2 N–H and O–H groups in total. The molecule has 1 amide bonds. The van der Waals surface area contributed by atoms with Crippen LogP contribution in [0.3, 0.4) is 0 Å². The zero-order chi connectivity index (χ0) is 10.6. The van der Waals surface area contributed by atoms with E-state index in [0.717, 1.165) is 0 Å². The van der Waals surface area contributed by atoms with Crippen molar-refractivity contribution in [3.05, 3.63) is 27.9 Å². The number of amides is 1. The van der Waals surface area contributed by atoms with E-state index in [0.29, 0.717) is 11.6 Å². The predicted octanol–water partition coefficient (Wildman–Crippen LogP) is -0.00750. The van der Waals surface area contributed by atoms with Crippen molar-refractivity contribution in [1.82, 2.24) is 15.3 Å². The van der Waals surface area contributed by atoms with Gasteiger partial charge in [-0.2, -0.15) is 11.8 Å². The van der Waals surface area contributed by atoms with Gasteiger partial charge in [0.1, 0.15) is 11.5 Å². The lowest BCUT2D eigenvalue weighted by Crippen LogP contribution is -2.23. The van der Waals surface area contributed by atoms with Gasteiger partial charge in [-0.1, -0.05) is 0 Å².